The minimum absolute atomic E-state index is 0.0000849. The lowest BCUT2D eigenvalue weighted by Crippen LogP contribution is -2.44. The van der Waals surface area contributed by atoms with E-state index in [1.165, 1.54) is 7.11 Å². The molecule has 0 radical (unpaired) electrons. The van der Waals surface area contributed by atoms with Gasteiger partial charge in [-0.3, -0.25) is 0 Å². The predicted molar refractivity (Wildman–Crippen MR) is 86.0 cm³/mol. The standard InChI is InChI=1S/C16H22ClNO4/c1-5-18(14-8-22-9-15(14)20-3)13-7-11(17)6-12(10(13)2)16(19)21-4/h6-7,14-15H,5,8-9H2,1-4H3/t14-,15-/m1/s1. The molecule has 1 aliphatic rings. The summed E-state index contributed by atoms with van der Waals surface area (Å²) in [5.41, 5.74) is 2.24. The Morgan fingerprint density at radius 1 is 1.41 bits per heavy atom. The van der Waals surface area contributed by atoms with Gasteiger partial charge in [-0.1, -0.05) is 11.6 Å². The SMILES string of the molecule is CCN(c1cc(Cl)cc(C(=O)OC)c1C)[C@@H]1COC[C@H]1OC. The molecule has 0 N–H and O–H groups in total. The van der Waals surface area contributed by atoms with Crippen molar-refractivity contribution < 1.29 is 19.0 Å². The molecule has 1 heterocycles. The minimum atomic E-state index is -0.386. The Morgan fingerprint density at radius 3 is 2.73 bits per heavy atom. The normalized spacial score (nSPS) is 21.0. The van der Waals surface area contributed by atoms with Gasteiger partial charge in [0.1, 0.15) is 6.10 Å². The number of carbonyl (C=O) groups excluding carboxylic acids is 1. The predicted octanol–water partition coefficient (Wildman–Crippen LogP) is 2.68. The van der Waals surface area contributed by atoms with Gasteiger partial charge < -0.3 is 19.1 Å². The molecule has 1 aliphatic heterocycles. The van der Waals surface area contributed by atoms with Crippen LogP contribution in [0.1, 0.15) is 22.8 Å². The highest BCUT2D eigenvalue weighted by Gasteiger charge is 2.34. The Morgan fingerprint density at radius 2 is 2.14 bits per heavy atom. The molecule has 0 amide bonds. The summed E-state index contributed by atoms with van der Waals surface area (Å²) in [5.74, 6) is -0.386. The van der Waals surface area contributed by atoms with E-state index in [2.05, 4.69) is 11.8 Å². The van der Waals surface area contributed by atoms with Crippen molar-refractivity contribution >= 4 is 23.3 Å². The molecular formula is C16H22ClNO4. The number of rotatable bonds is 5. The number of methoxy groups -OCH3 is 2. The Balaban J connectivity index is 2.45. The number of likely N-dealkylation sites (N-methyl/N-ethyl adjacent to an activating group) is 1. The fourth-order valence-corrected chi connectivity index (χ4v) is 3.12. The molecule has 0 bridgehead atoms. The van der Waals surface area contributed by atoms with Crippen molar-refractivity contribution in [2.45, 2.75) is 26.0 Å². The monoisotopic (exact) mass is 327 g/mol. The maximum Gasteiger partial charge on any atom is 0.338 e. The Kier molecular flexibility index (Phi) is 5.67. The summed E-state index contributed by atoms with van der Waals surface area (Å²) in [6.45, 7) is 5.88. The van der Waals surface area contributed by atoms with Gasteiger partial charge in [-0.15, -0.1) is 0 Å². The second kappa shape index (κ2) is 7.31. The third-order valence-electron chi connectivity index (χ3n) is 4.10. The molecule has 5 nitrogen and oxygen atoms in total. The Labute approximate surface area is 136 Å². The average Bonchev–Trinajstić information content (AvgIpc) is 2.98. The van der Waals surface area contributed by atoms with E-state index in [1.807, 2.05) is 13.0 Å². The highest BCUT2D eigenvalue weighted by atomic mass is 35.5. The second-order valence-electron chi connectivity index (χ2n) is 5.25. The third-order valence-corrected chi connectivity index (χ3v) is 4.32. The van der Waals surface area contributed by atoms with Gasteiger partial charge in [-0.05, 0) is 31.5 Å². The van der Waals surface area contributed by atoms with Crippen molar-refractivity contribution in [3.63, 3.8) is 0 Å². The second-order valence-corrected chi connectivity index (χ2v) is 5.69. The van der Waals surface area contributed by atoms with E-state index >= 15 is 0 Å². The van der Waals surface area contributed by atoms with Crippen LogP contribution in [0.4, 0.5) is 5.69 Å². The highest BCUT2D eigenvalue weighted by Crippen LogP contribution is 2.32. The molecule has 0 spiro atoms. The number of anilines is 1. The first-order valence-corrected chi connectivity index (χ1v) is 7.66. The third kappa shape index (κ3) is 3.21. The maximum atomic E-state index is 11.9. The summed E-state index contributed by atoms with van der Waals surface area (Å²) in [6.07, 6.45) is -0.0000849. The fourth-order valence-electron chi connectivity index (χ4n) is 2.91. The van der Waals surface area contributed by atoms with Gasteiger partial charge in [0.2, 0.25) is 0 Å². The van der Waals surface area contributed by atoms with E-state index in [1.54, 1.807) is 13.2 Å². The van der Waals surface area contributed by atoms with E-state index in [9.17, 15) is 4.79 Å². The van der Waals surface area contributed by atoms with Gasteiger partial charge in [0, 0.05) is 24.4 Å². The lowest BCUT2D eigenvalue weighted by atomic mass is 10.0. The molecule has 22 heavy (non-hydrogen) atoms. The first kappa shape index (κ1) is 17.1. The van der Waals surface area contributed by atoms with E-state index in [4.69, 9.17) is 25.8 Å². The van der Waals surface area contributed by atoms with Gasteiger partial charge >= 0.3 is 5.97 Å². The summed E-state index contributed by atoms with van der Waals surface area (Å²) >= 11 is 6.20. The van der Waals surface area contributed by atoms with Gasteiger partial charge in [0.05, 0.1) is 31.9 Å². The van der Waals surface area contributed by atoms with Crippen molar-refractivity contribution in [3.8, 4) is 0 Å². The van der Waals surface area contributed by atoms with E-state index in [0.29, 0.717) is 23.8 Å². The molecule has 0 aliphatic carbocycles. The van der Waals surface area contributed by atoms with E-state index in [0.717, 1.165) is 17.8 Å². The number of benzene rings is 1. The van der Waals surface area contributed by atoms with Crippen molar-refractivity contribution in [1.82, 2.24) is 0 Å². The fraction of sp³-hybridized carbons (Fsp3) is 0.562. The number of ether oxygens (including phenoxy) is 3. The summed E-state index contributed by atoms with van der Waals surface area (Å²) in [6, 6.07) is 3.61. The molecule has 0 saturated carbocycles. The van der Waals surface area contributed by atoms with Gasteiger partial charge in [-0.25, -0.2) is 4.79 Å². The summed E-state index contributed by atoms with van der Waals surface area (Å²) in [5, 5.41) is 0.507. The number of halogens is 1. The number of hydrogen-bond donors (Lipinski definition) is 0. The number of hydrogen-bond acceptors (Lipinski definition) is 5. The van der Waals surface area contributed by atoms with Crippen LogP contribution in [-0.2, 0) is 14.2 Å². The lowest BCUT2D eigenvalue weighted by molar-refractivity contribution is 0.0600. The van der Waals surface area contributed by atoms with Gasteiger partial charge in [0.15, 0.2) is 0 Å². The van der Waals surface area contributed by atoms with Gasteiger partial charge in [-0.2, -0.15) is 0 Å². The summed E-state index contributed by atoms with van der Waals surface area (Å²) in [7, 11) is 3.05. The Hall–Kier alpha value is -1.30. The van der Waals surface area contributed by atoms with Crippen LogP contribution in [0.3, 0.4) is 0 Å². The van der Waals surface area contributed by atoms with Crippen molar-refractivity contribution in [2.24, 2.45) is 0 Å². The van der Waals surface area contributed by atoms with Gasteiger partial charge in [0.25, 0.3) is 0 Å². The van der Waals surface area contributed by atoms with Crippen LogP contribution in [0.2, 0.25) is 5.02 Å². The zero-order valence-corrected chi connectivity index (χ0v) is 14.1. The topological polar surface area (TPSA) is 48.0 Å². The largest absolute Gasteiger partial charge is 0.465 e. The molecular weight excluding hydrogens is 306 g/mol. The van der Waals surface area contributed by atoms with Crippen molar-refractivity contribution in [3.05, 3.63) is 28.3 Å². The summed E-state index contributed by atoms with van der Waals surface area (Å²) in [4.78, 5) is 14.1. The highest BCUT2D eigenvalue weighted by molar-refractivity contribution is 6.31. The molecule has 0 unspecified atom stereocenters. The van der Waals surface area contributed by atoms with Crippen LogP contribution in [-0.4, -0.2) is 52.1 Å². The molecule has 0 aromatic heterocycles. The molecule has 1 aromatic carbocycles. The average molecular weight is 328 g/mol. The van der Waals surface area contributed by atoms with Crippen LogP contribution < -0.4 is 4.90 Å². The maximum absolute atomic E-state index is 11.9. The molecule has 2 atom stereocenters. The van der Waals surface area contributed by atoms with Crippen molar-refractivity contribution in [1.29, 1.82) is 0 Å². The van der Waals surface area contributed by atoms with Crippen LogP contribution in [0.15, 0.2) is 12.1 Å². The van der Waals surface area contributed by atoms with E-state index < -0.39 is 0 Å². The zero-order valence-electron chi connectivity index (χ0n) is 13.4. The first-order valence-electron chi connectivity index (χ1n) is 7.29. The molecule has 1 aromatic rings. The number of carbonyl (C=O) groups is 1. The van der Waals surface area contributed by atoms with Crippen molar-refractivity contribution in [2.75, 3.05) is 38.9 Å². The number of nitrogens with zero attached hydrogens (tertiary/aromatic N) is 1. The first-order chi connectivity index (χ1) is 10.5. The molecule has 6 heteroatoms. The van der Waals surface area contributed by atoms with Crippen LogP contribution in [0.5, 0.6) is 0 Å². The minimum Gasteiger partial charge on any atom is -0.465 e. The quantitative estimate of drug-likeness (QED) is 0.778. The van der Waals surface area contributed by atoms with Crippen LogP contribution in [0.25, 0.3) is 0 Å². The molecule has 2 rings (SSSR count). The van der Waals surface area contributed by atoms with E-state index in [-0.39, 0.29) is 18.1 Å². The van der Waals surface area contributed by atoms with Crippen LogP contribution >= 0.6 is 11.6 Å². The van der Waals surface area contributed by atoms with Crippen LogP contribution in [0, 0.1) is 6.92 Å². The Bertz CT molecular complexity index is 549. The molecule has 122 valence electrons. The lowest BCUT2D eigenvalue weighted by Gasteiger charge is -2.33. The molecule has 1 fully saturated rings. The molecule has 1 saturated heterocycles. The zero-order chi connectivity index (χ0) is 16.3. The summed E-state index contributed by atoms with van der Waals surface area (Å²) < 4.78 is 15.9. The smallest absolute Gasteiger partial charge is 0.338 e. The number of esters is 1.